The van der Waals surface area contributed by atoms with Crippen LogP contribution in [0.4, 0.5) is 0 Å². The summed E-state index contributed by atoms with van der Waals surface area (Å²) >= 11 is 0. The van der Waals surface area contributed by atoms with Crippen molar-refractivity contribution in [3.63, 3.8) is 0 Å². The molecule has 1 aliphatic rings. The lowest BCUT2D eigenvalue weighted by Crippen LogP contribution is -1.64. The van der Waals surface area contributed by atoms with Crippen molar-refractivity contribution >= 4 is 0 Å². The molecule has 1 fully saturated rings. The predicted octanol–water partition coefficient (Wildman–Crippen LogP) is 0.695. The first-order valence-corrected chi connectivity index (χ1v) is 1.55. The van der Waals surface area contributed by atoms with Gasteiger partial charge in [-0.05, 0) is 0 Å². The fraction of sp³-hybridized carbons (Fsp3) is 0.333. The number of hydrogen-bond donors (Lipinski definition) is 1. The fourth-order valence-electron chi connectivity index (χ4n) is 0.141. The summed E-state index contributed by atoms with van der Waals surface area (Å²) < 4.78 is 0. The average molecular weight is 88.1 g/mol. The first-order valence-electron chi connectivity index (χ1n) is 1.55. The van der Waals surface area contributed by atoms with Gasteiger partial charge >= 0.3 is 5.95 Å². The van der Waals surface area contributed by atoms with Gasteiger partial charge in [-0.1, -0.05) is 0 Å². The lowest BCUT2D eigenvalue weighted by Gasteiger charge is -1.67. The zero-order chi connectivity index (χ0) is 4.57. The smallest absolute Gasteiger partial charge is 0.415 e. The van der Waals surface area contributed by atoms with Gasteiger partial charge in [0.25, 0.3) is 0 Å². The molecular weight excluding hydrogens is 84.0 g/mol. The molecule has 0 spiro atoms. The second-order valence-corrected chi connectivity index (χ2v) is 1.04. The van der Waals surface area contributed by atoms with Gasteiger partial charge in [0, 0.05) is 6.92 Å². The van der Waals surface area contributed by atoms with Crippen molar-refractivity contribution in [2.24, 2.45) is 0 Å². The van der Waals surface area contributed by atoms with Crippen LogP contribution in [0.2, 0.25) is 0 Å². The number of aliphatic hydroxyl groups excluding tert-OH is 1. The van der Waals surface area contributed by atoms with Gasteiger partial charge in [0.2, 0.25) is 0 Å². The van der Waals surface area contributed by atoms with Gasteiger partial charge in [-0.25, -0.2) is 9.78 Å². The van der Waals surface area contributed by atoms with Crippen LogP contribution >= 0.6 is 0 Å². The van der Waals surface area contributed by atoms with E-state index in [0.29, 0.717) is 0 Å². The van der Waals surface area contributed by atoms with Crippen molar-refractivity contribution in [1.29, 1.82) is 0 Å². The predicted molar refractivity (Wildman–Crippen MR) is 17.5 cm³/mol. The third-order valence-electron chi connectivity index (χ3n) is 0.462. The lowest BCUT2D eigenvalue weighted by molar-refractivity contribution is 0.0850. The van der Waals surface area contributed by atoms with E-state index in [-0.39, 0.29) is 11.7 Å². The van der Waals surface area contributed by atoms with Gasteiger partial charge in [0.05, 0.1) is 0 Å². The molecule has 1 rings (SSSR count). The largest absolute Gasteiger partial charge is 0.506 e. The topological polar surface area (TPSA) is 45.3 Å². The van der Waals surface area contributed by atoms with Crippen molar-refractivity contribution in [2.45, 2.75) is 6.92 Å². The van der Waals surface area contributed by atoms with Crippen LogP contribution in [0, 0.1) is 0 Å². The quantitative estimate of drug-likeness (QED) is 0.269. The van der Waals surface area contributed by atoms with Gasteiger partial charge in [-0.2, -0.15) is 0 Å². The Morgan fingerprint density at radius 3 is 2.17 bits per heavy atom. The van der Waals surface area contributed by atoms with E-state index >= 15 is 0 Å². The van der Waals surface area contributed by atoms with Gasteiger partial charge < -0.3 is 5.11 Å². The Hall–Kier alpha value is -0.860. The third-order valence-corrected chi connectivity index (χ3v) is 0.462. The summed E-state index contributed by atoms with van der Waals surface area (Å²) in [5.41, 5.74) is 0. The van der Waals surface area contributed by atoms with Gasteiger partial charge in [0.15, 0.2) is 5.76 Å². The molecule has 0 aromatic rings. The average Bonchev–Trinajstić information content (AvgIpc) is 2.06. The summed E-state index contributed by atoms with van der Waals surface area (Å²) in [6.07, 6.45) is 0. The lowest BCUT2D eigenvalue weighted by atomic mass is 10.6. The molecule has 3 nitrogen and oxygen atoms in total. The third kappa shape index (κ3) is 0.381. The molecular formula is C3H4O3. The minimum absolute atomic E-state index is 0.0926. The van der Waals surface area contributed by atoms with Crippen molar-refractivity contribution < 1.29 is 14.9 Å². The van der Waals surface area contributed by atoms with E-state index in [1.54, 1.807) is 0 Å². The summed E-state index contributed by atoms with van der Waals surface area (Å²) in [5, 5.41) is 8.32. The summed E-state index contributed by atoms with van der Waals surface area (Å²) in [4.78, 5) is 8.20. The standard InChI is InChI=1S/C3H4O3/c1-2(4)3-5-6-3/h4H,1H3. The van der Waals surface area contributed by atoms with Crippen LogP contribution < -0.4 is 0 Å². The Balaban J connectivity index is 2.61. The van der Waals surface area contributed by atoms with Crippen LogP contribution in [0.1, 0.15) is 6.92 Å². The Morgan fingerprint density at radius 2 is 2.17 bits per heavy atom. The normalized spacial score (nSPS) is 15.2. The molecule has 1 N–H and O–H groups in total. The number of hydrogen-bond acceptors (Lipinski definition) is 3. The zero-order valence-electron chi connectivity index (χ0n) is 3.26. The maximum absolute atomic E-state index is 8.32. The Bertz CT molecular complexity index is 84.2. The molecule has 0 saturated carbocycles. The van der Waals surface area contributed by atoms with E-state index in [1.807, 2.05) is 0 Å². The summed E-state index contributed by atoms with van der Waals surface area (Å²) in [5.74, 6) is 0.324. The van der Waals surface area contributed by atoms with E-state index in [4.69, 9.17) is 5.11 Å². The highest BCUT2D eigenvalue weighted by molar-refractivity contribution is 4.91. The van der Waals surface area contributed by atoms with Crippen LogP contribution in [0.5, 0.6) is 0 Å². The Labute approximate surface area is 34.7 Å². The monoisotopic (exact) mass is 88.0 g/mol. The number of rotatable bonds is 0. The summed E-state index contributed by atoms with van der Waals surface area (Å²) in [6.45, 7) is 1.49. The van der Waals surface area contributed by atoms with Crippen LogP contribution in [0.3, 0.4) is 0 Å². The van der Waals surface area contributed by atoms with Gasteiger partial charge in [-0.15, -0.1) is 0 Å². The van der Waals surface area contributed by atoms with Crippen LogP contribution in [-0.4, -0.2) is 5.11 Å². The molecule has 0 amide bonds. The van der Waals surface area contributed by atoms with Crippen LogP contribution in [0.25, 0.3) is 0 Å². The minimum atomic E-state index is 0.0926. The van der Waals surface area contributed by atoms with Crippen LogP contribution in [-0.2, 0) is 9.78 Å². The van der Waals surface area contributed by atoms with E-state index in [1.165, 1.54) is 6.92 Å². The Kier molecular flexibility index (Phi) is 0.445. The maximum atomic E-state index is 8.32. The molecule has 0 aliphatic carbocycles. The molecule has 1 heterocycles. The molecule has 3 heteroatoms. The second kappa shape index (κ2) is 0.801. The minimum Gasteiger partial charge on any atom is -0.506 e. The first-order chi connectivity index (χ1) is 2.80. The molecule has 0 radical (unpaired) electrons. The van der Waals surface area contributed by atoms with E-state index in [2.05, 4.69) is 9.78 Å². The molecule has 0 aromatic heterocycles. The number of allylic oxidation sites excluding steroid dienone is 1. The molecule has 0 atom stereocenters. The van der Waals surface area contributed by atoms with Crippen molar-refractivity contribution in [3.8, 4) is 0 Å². The molecule has 1 aliphatic heterocycles. The van der Waals surface area contributed by atoms with Crippen molar-refractivity contribution in [3.05, 3.63) is 11.7 Å². The molecule has 0 bridgehead atoms. The van der Waals surface area contributed by atoms with Crippen LogP contribution in [0.15, 0.2) is 11.7 Å². The second-order valence-electron chi connectivity index (χ2n) is 1.04. The fourth-order valence-corrected chi connectivity index (χ4v) is 0.141. The van der Waals surface area contributed by atoms with E-state index in [0.717, 1.165) is 0 Å². The highest BCUT2D eigenvalue weighted by Gasteiger charge is 2.21. The van der Waals surface area contributed by atoms with E-state index < -0.39 is 0 Å². The zero-order valence-corrected chi connectivity index (χ0v) is 3.26. The molecule has 0 unspecified atom stereocenters. The molecule has 0 aromatic carbocycles. The van der Waals surface area contributed by atoms with Gasteiger partial charge in [0.1, 0.15) is 0 Å². The molecule has 1 saturated heterocycles. The SMILES string of the molecule is CC(O)=C1OO1. The van der Waals surface area contributed by atoms with E-state index in [9.17, 15) is 0 Å². The summed E-state index contributed by atoms with van der Waals surface area (Å²) in [6, 6.07) is 0. The van der Waals surface area contributed by atoms with Gasteiger partial charge in [-0.3, -0.25) is 0 Å². The van der Waals surface area contributed by atoms with Crippen molar-refractivity contribution in [2.75, 3.05) is 0 Å². The molecule has 34 valence electrons. The number of aliphatic hydroxyl groups is 1. The highest BCUT2D eigenvalue weighted by Crippen LogP contribution is 2.19. The first kappa shape index (κ1) is 3.33. The summed E-state index contributed by atoms with van der Waals surface area (Å²) in [7, 11) is 0. The van der Waals surface area contributed by atoms with Crippen molar-refractivity contribution in [1.82, 2.24) is 0 Å². The molecule has 6 heavy (non-hydrogen) atoms. The Morgan fingerprint density at radius 1 is 1.67 bits per heavy atom. The maximum Gasteiger partial charge on any atom is 0.415 e. The highest BCUT2D eigenvalue weighted by atomic mass is 17.4.